The summed E-state index contributed by atoms with van der Waals surface area (Å²) in [4.78, 5) is 11.4. The Hall–Kier alpha value is -1.05. The SMILES string of the molecule is CCCCCCCCC=C=C(/C=C/C(=O)OCC)[Si](C)(C)C. The average molecular weight is 323 g/mol. The van der Waals surface area contributed by atoms with E-state index in [9.17, 15) is 4.79 Å². The van der Waals surface area contributed by atoms with E-state index in [4.69, 9.17) is 4.74 Å². The van der Waals surface area contributed by atoms with Crippen molar-refractivity contribution in [3.63, 3.8) is 0 Å². The molecule has 3 heteroatoms. The summed E-state index contributed by atoms with van der Waals surface area (Å²) in [5.74, 6) is -0.268. The van der Waals surface area contributed by atoms with Crippen LogP contribution in [0.25, 0.3) is 0 Å². The second-order valence-corrected chi connectivity index (χ2v) is 11.7. The predicted molar refractivity (Wildman–Crippen MR) is 98.7 cm³/mol. The van der Waals surface area contributed by atoms with Crippen molar-refractivity contribution >= 4 is 14.0 Å². The lowest BCUT2D eigenvalue weighted by molar-refractivity contribution is -0.137. The number of ether oxygens (including phenoxy) is 1. The summed E-state index contributed by atoms with van der Waals surface area (Å²) in [7, 11) is -1.48. The van der Waals surface area contributed by atoms with Gasteiger partial charge in [0.05, 0.1) is 14.7 Å². The Morgan fingerprint density at radius 2 is 1.64 bits per heavy atom. The Kier molecular flexibility index (Phi) is 11.9. The Labute approximate surface area is 138 Å². The average Bonchev–Trinajstić information content (AvgIpc) is 2.43. The lowest BCUT2D eigenvalue weighted by Gasteiger charge is -2.15. The molecule has 0 unspecified atom stereocenters. The monoisotopic (exact) mass is 322 g/mol. The standard InChI is InChI=1S/C19H34O2Si/c1-6-8-9-10-11-12-13-14-15-18(22(3,4)5)16-17-19(20)21-7-2/h14,16-17H,6-13H2,1-5H3/b17-16+. The molecular weight excluding hydrogens is 288 g/mol. The van der Waals surface area contributed by atoms with Crippen molar-refractivity contribution in [1.82, 2.24) is 0 Å². The van der Waals surface area contributed by atoms with Crippen LogP contribution in [0.5, 0.6) is 0 Å². The van der Waals surface area contributed by atoms with Gasteiger partial charge in [0.25, 0.3) is 0 Å². The maximum atomic E-state index is 11.4. The fraction of sp³-hybridized carbons (Fsp3) is 0.684. The van der Waals surface area contributed by atoms with Crippen LogP contribution in [-0.4, -0.2) is 20.7 Å². The van der Waals surface area contributed by atoms with Gasteiger partial charge in [0.15, 0.2) is 0 Å². The first kappa shape index (κ1) is 20.9. The molecule has 0 aliphatic carbocycles. The Balaban J connectivity index is 4.44. The number of hydrogen-bond acceptors (Lipinski definition) is 2. The van der Waals surface area contributed by atoms with Crippen LogP contribution in [0.15, 0.2) is 29.2 Å². The van der Waals surface area contributed by atoms with Crippen LogP contribution in [0.3, 0.4) is 0 Å². The number of unbranched alkanes of at least 4 members (excludes halogenated alkanes) is 6. The molecule has 0 saturated heterocycles. The largest absolute Gasteiger partial charge is 0.463 e. The van der Waals surface area contributed by atoms with E-state index in [-0.39, 0.29) is 5.97 Å². The summed E-state index contributed by atoms with van der Waals surface area (Å²) in [6, 6.07) is 0. The van der Waals surface area contributed by atoms with Crippen molar-refractivity contribution in [3.8, 4) is 0 Å². The molecule has 0 aromatic rings. The molecule has 0 amide bonds. The second-order valence-electron chi connectivity index (χ2n) is 6.65. The highest BCUT2D eigenvalue weighted by molar-refractivity contribution is 6.83. The minimum absolute atomic E-state index is 0.268. The number of carbonyl (C=O) groups is 1. The molecule has 0 radical (unpaired) electrons. The molecule has 0 atom stereocenters. The highest BCUT2D eigenvalue weighted by atomic mass is 28.3. The number of hydrogen-bond donors (Lipinski definition) is 0. The fourth-order valence-electron chi connectivity index (χ4n) is 2.07. The van der Waals surface area contributed by atoms with Crippen LogP contribution in [0, 0.1) is 0 Å². The Morgan fingerprint density at radius 1 is 1.00 bits per heavy atom. The molecule has 0 aliphatic heterocycles. The predicted octanol–water partition coefficient (Wildman–Crippen LogP) is 5.82. The molecule has 0 aromatic heterocycles. The van der Waals surface area contributed by atoms with Gasteiger partial charge in [-0.05, 0) is 37.1 Å². The third-order valence-electron chi connectivity index (χ3n) is 3.44. The first-order valence-electron chi connectivity index (χ1n) is 8.72. The van der Waals surface area contributed by atoms with E-state index in [1.54, 1.807) is 0 Å². The van der Waals surface area contributed by atoms with Crippen LogP contribution >= 0.6 is 0 Å². The normalized spacial score (nSPS) is 11.3. The van der Waals surface area contributed by atoms with Gasteiger partial charge in [-0.25, -0.2) is 4.79 Å². The smallest absolute Gasteiger partial charge is 0.330 e. The van der Waals surface area contributed by atoms with Crippen LogP contribution in [0.1, 0.15) is 58.8 Å². The summed E-state index contributed by atoms with van der Waals surface area (Å²) < 4.78 is 4.93. The minimum atomic E-state index is -1.48. The van der Waals surface area contributed by atoms with E-state index in [0.29, 0.717) is 6.61 Å². The van der Waals surface area contributed by atoms with Crippen LogP contribution in [-0.2, 0) is 9.53 Å². The van der Waals surface area contributed by atoms with Crippen molar-refractivity contribution in [2.24, 2.45) is 0 Å². The van der Waals surface area contributed by atoms with Gasteiger partial charge < -0.3 is 4.74 Å². The molecule has 0 spiro atoms. The fourth-order valence-corrected chi connectivity index (χ4v) is 3.18. The number of esters is 1. The Bertz CT molecular complexity index is 396. The molecule has 0 rings (SSSR count). The van der Waals surface area contributed by atoms with Gasteiger partial charge in [-0.3, -0.25) is 0 Å². The molecule has 22 heavy (non-hydrogen) atoms. The number of allylic oxidation sites excluding steroid dienone is 2. The minimum Gasteiger partial charge on any atom is -0.463 e. The molecule has 126 valence electrons. The second kappa shape index (κ2) is 12.5. The van der Waals surface area contributed by atoms with Crippen molar-refractivity contribution in [2.45, 2.75) is 78.4 Å². The highest BCUT2D eigenvalue weighted by Gasteiger charge is 2.17. The van der Waals surface area contributed by atoms with E-state index < -0.39 is 8.07 Å². The molecule has 0 saturated carbocycles. The maximum Gasteiger partial charge on any atom is 0.330 e. The van der Waals surface area contributed by atoms with E-state index >= 15 is 0 Å². The third kappa shape index (κ3) is 11.6. The van der Waals surface area contributed by atoms with E-state index in [1.807, 2.05) is 13.0 Å². The zero-order valence-electron chi connectivity index (χ0n) is 15.2. The maximum absolute atomic E-state index is 11.4. The quantitative estimate of drug-likeness (QED) is 0.120. The molecule has 0 aliphatic rings. The molecule has 0 aromatic carbocycles. The summed E-state index contributed by atoms with van der Waals surface area (Å²) in [5.41, 5.74) is 3.42. The molecule has 0 fully saturated rings. The topological polar surface area (TPSA) is 26.3 Å². The highest BCUT2D eigenvalue weighted by Crippen LogP contribution is 2.15. The third-order valence-corrected chi connectivity index (χ3v) is 5.37. The molecule has 0 N–H and O–H groups in total. The van der Waals surface area contributed by atoms with Crippen LogP contribution in [0.4, 0.5) is 0 Å². The number of carbonyl (C=O) groups excluding carboxylic acids is 1. The summed E-state index contributed by atoms with van der Waals surface area (Å²) >= 11 is 0. The molecule has 0 heterocycles. The van der Waals surface area contributed by atoms with Crippen LogP contribution in [0.2, 0.25) is 19.6 Å². The van der Waals surface area contributed by atoms with Crippen LogP contribution < -0.4 is 0 Å². The van der Waals surface area contributed by atoms with Gasteiger partial charge in [0.2, 0.25) is 0 Å². The van der Waals surface area contributed by atoms with Gasteiger partial charge in [-0.1, -0.05) is 58.7 Å². The summed E-state index contributed by atoms with van der Waals surface area (Å²) in [5, 5.41) is 1.17. The first-order chi connectivity index (χ1) is 10.4. The van der Waals surface area contributed by atoms with Gasteiger partial charge >= 0.3 is 5.97 Å². The lowest BCUT2D eigenvalue weighted by atomic mass is 10.1. The molecular formula is C19H34O2Si. The Morgan fingerprint density at radius 3 is 2.23 bits per heavy atom. The summed E-state index contributed by atoms with van der Waals surface area (Å²) in [6.45, 7) is 11.3. The van der Waals surface area contributed by atoms with Gasteiger partial charge in [-0.15, -0.1) is 5.73 Å². The summed E-state index contributed by atoms with van der Waals surface area (Å²) in [6.07, 6.45) is 14.5. The van der Waals surface area contributed by atoms with Gasteiger partial charge in [0.1, 0.15) is 0 Å². The zero-order chi connectivity index (χ0) is 16.8. The van der Waals surface area contributed by atoms with E-state index in [0.717, 1.165) is 6.42 Å². The van der Waals surface area contributed by atoms with Crippen molar-refractivity contribution in [3.05, 3.63) is 29.2 Å². The van der Waals surface area contributed by atoms with Crippen molar-refractivity contribution < 1.29 is 9.53 Å². The zero-order valence-corrected chi connectivity index (χ0v) is 16.2. The van der Waals surface area contributed by atoms with Crippen molar-refractivity contribution in [1.29, 1.82) is 0 Å². The van der Waals surface area contributed by atoms with E-state index in [1.165, 1.54) is 49.8 Å². The number of rotatable bonds is 11. The van der Waals surface area contributed by atoms with Gasteiger partial charge in [-0.2, -0.15) is 0 Å². The van der Waals surface area contributed by atoms with Gasteiger partial charge in [0, 0.05) is 6.08 Å². The van der Waals surface area contributed by atoms with Crippen molar-refractivity contribution in [2.75, 3.05) is 6.61 Å². The lowest BCUT2D eigenvalue weighted by Crippen LogP contribution is -2.22. The molecule has 2 nitrogen and oxygen atoms in total. The molecule has 0 bridgehead atoms. The van der Waals surface area contributed by atoms with E-state index in [2.05, 4.69) is 38.4 Å². The first-order valence-corrected chi connectivity index (χ1v) is 12.2.